The summed E-state index contributed by atoms with van der Waals surface area (Å²) in [6.07, 6.45) is 0.789. The van der Waals surface area contributed by atoms with E-state index in [4.69, 9.17) is 4.74 Å². The van der Waals surface area contributed by atoms with Crippen molar-refractivity contribution >= 4 is 17.7 Å². The van der Waals surface area contributed by atoms with E-state index in [9.17, 15) is 14.0 Å². The fraction of sp³-hybridized carbons (Fsp3) is 0.611. The monoisotopic (exact) mass is 364 g/mol. The lowest BCUT2D eigenvalue weighted by atomic mass is 10.2. The molecule has 1 aliphatic carbocycles. The van der Waals surface area contributed by atoms with Crippen LogP contribution in [-0.4, -0.2) is 65.9 Å². The molecule has 7 nitrogen and oxygen atoms in total. The average molecular weight is 364 g/mol. The lowest BCUT2D eigenvalue weighted by Crippen LogP contribution is -2.50. The molecule has 26 heavy (non-hydrogen) atoms. The Kier molecular flexibility index (Phi) is 5.02. The molecule has 1 saturated carbocycles. The van der Waals surface area contributed by atoms with Gasteiger partial charge < -0.3 is 19.9 Å². The van der Waals surface area contributed by atoms with Crippen LogP contribution in [0.1, 0.15) is 37.7 Å². The van der Waals surface area contributed by atoms with Gasteiger partial charge >= 0.3 is 6.09 Å². The minimum atomic E-state index is -0.931. The van der Waals surface area contributed by atoms with Gasteiger partial charge in [0.1, 0.15) is 17.5 Å². The van der Waals surface area contributed by atoms with Gasteiger partial charge in [0.25, 0.3) is 5.91 Å². The summed E-state index contributed by atoms with van der Waals surface area (Å²) in [6.45, 7) is 8.01. The third-order valence-corrected chi connectivity index (χ3v) is 4.31. The zero-order valence-electron chi connectivity index (χ0n) is 15.4. The number of amides is 2. The first-order valence-electron chi connectivity index (χ1n) is 8.87. The van der Waals surface area contributed by atoms with Crippen molar-refractivity contribution < 1.29 is 18.7 Å². The molecule has 2 fully saturated rings. The molecular formula is C18H25FN4O3. The Balaban J connectivity index is 1.51. The van der Waals surface area contributed by atoms with Crippen LogP contribution in [0.2, 0.25) is 0 Å². The molecule has 0 radical (unpaired) electrons. The molecule has 1 aromatic heterocycles. The number of rotatable bonds is 3. The standard InChI is InChI=1S/C18H25FN4O3/c1-18(2,3)26-17(25)23-8-6-22(7-9-23)12-4-5-14(20-11-12)16(24)21-15-10-13(15)19/h4-5,11,13,15H,6-10H2,1-3H3,(H,21,24)/t13-,15+/m1/s1. The maximum Gasteiger partial charge on any atom is 0.410 e. The van der Waals surface area contributed by atoms with Gasteiger partial charge in [-0.05, 0) is 32.9 Å². The highest BCUT2D eigenvalue weighted by atomic mass is 19.1. The van der Waals surface area contributed by atoms with Crippen LogP contribution in [0, 0.1) is 0 Å². The van der Waals surface area contributed by atoms with E-state index < -0.39 is 11.8 Å². The maximum atomic E-state index is 12.9. The third-order valence-electron chi connectivity index (χ3n) is 4.31. The van der Waals surface area contributed by atoms with Gasteiger partial charge in [0.15, 0.2) is 0 Å². The minimum Gasteiger partial charge on any atom is -0.444 e. The van der Waals surface area contributed by atoms with E-state index in [-0.39, 0.29) is 23.7 Å². The van der Waals surface area contributed by atoms with Gasteiger partial charge in [-0.3, -0.25) is 4.79 Å². The first kappa shape index (κ1) is 18.4. The van der Waals surface area contributed by atoms with Crippen molar-refractivity contribution in [3.05, 3.63) is 24.0 Å². The summed E-state index contributed by atoms with van der Waals surface area (Å²) in [6, 6.07) is 3.09. The van der Waals surface area contributed by atoms with Gasteiger partial charge in [0.2, 0.25) is 0 Å². The highest BCUT2D eigenvalue weighted by molar-refractivity contribution is 5.92. The molecule has 0 aromatic carbocycles. The quantitative estimate of drug-likeness (QED) is 0.888. The van der Waals surface area contributed by atoms with Gasteiger partial charge in [-0.15, -0.1) is 0 Å². The molecule has 2 amide bonds. The zero-order chi connectivity index (χ0) is 18.9. The van der Waals surface area contributed by atoms with Crippen LogP contribution >= 0.6 is 0 Å². The highest BCUT2D eigenvalue weighted by Gasteiger charge is 2.39. The fourth-order valence-corrected chi connectivity index (χ4v) is 2.74. The van der Waals surface area contributed by atoms with Crippen molar-refractivity contribution in [2.24, 2.45) is 0 Å². The van der Waals surface area contributed by atoms with Crippen molar-refractivity contribution in [3.8, 4) is 0 Å². The number of ether oxygens (including phenoxy) is 1. The van der Waals surface area contributed by atoms with Crippen molar-refractivity contribution in [1.29, 1.82) is 0 Å². The first-order valence-corrected chi connectivity index (χ1v) is 8.87. The molecule has 142 valence electrons. The number of hydrogen-bond acceptors (Lipinski definition) is 5. The molecule has 0 spiro atoms. The van der Waals surface area contributed by atoms with Crippen LogP contribution < -0.4 is 10.2 Å². The predicted octanol–water partition coefficient (Wildman–Crippen LogP) is 1.98. The Morgan fingerprint density at radius 2 is 1.88 bits per heavy atom. The lowest BCUT2D eigenvalue weighted by molar-refractivity contribution is 0.0240. The molecule has 3 rings (SSSR count). The number of carbonyl (C=O) groups is 2. The number of piperazine rings is 1. The summed E-state index contributed by atoms with van der Waals surface area (Å²) < 4.78 is 18.2. The summed E-state index contributed by atoms with van der Waals surface area (Å²) in [5, 5.41) is 2.61. The van der Waals surface area contributed by atoms with E-state index in [1.165, 1.54) is 0 Å². The summed E-state index contributed by atoms with van der Waals surface area (Å²) in [4.78, 5) is 32.0. The van der Waals surface area contributed by atoms with Crippen molar-refractivity contribution in [3.63, 3.8) is 0 Å². The molecule has 1 N–H and O–H groups in total. The van der Waals surface area contributed by atoms with Crippen molar-refractivity contribution in [1.82, 2.24) is 15.2 Å². The highest BCUT2D eigenvalue weighted by Crippen LogP contribution is 2.25. The van der Waals surface area contributed by atoms with Gasteiger partial charge in [-0.1, -0.05) is 0 Å². The number of hydrogen-bond donors (Lipinski definition) is 1. The number of halogens is 1. The first-order chi connectivity index (χ1) is 12.2. The number of anilines is 1. The Labute approximate surface area is 152 Å². The summed E-state index contributed by atoms with van der Waals surface area (Å²) >= 11 is 0. The Bertz CT molecular complexity index is 666. The van der Waals surface area contributed by atoms with Crippen molar-refractivity contribution in [2.45, 2.75) is 45.0 Å². The van der Waals surface area contributed by atoms with E-state index in [1.807, 2.05) is 26.8 Å². The van der Waals surface area contributed by atoms with E-state index >= 15 is 0 Å². The number of pyridine rings is 1. The molecule has 1 aliphatic heterocycles. The minimum absolute atomic E-state index is 0.278. The van der Waals surface area contributed by atoms with Gasteiger partial charge in [0.05, 0.1) is 17.9 Å². The summed E-state index contributed by atoms with van der Waals surface area (Å²) in [5.74, 6) is -0.351. The SMILES string of the molecule is CC(C)(C)OC(=O)N1CCN(c2ccc(C(=O)N[C@H]3C[C@H]3F)nc2)CC1. The molecule has 8 heteroatoms. The van der Waals surface area contributed by atoms with Gasteiger partial charge in [-0.25, -0.2) is 14.2 Å². The average Bonchev–Trinajstić information content (AvgIpc) is 3.28. The number of alkyl halides is 1. The van der Waals surface area contributed by atoms with E-state index in [2.05, 4.69) is 15.2 Å². The van der Waals surface area contributed by atoms with Gasteiger partial charge in [0, 0.05) is 32.6 Å². The van der Waals surface area contributed by atoms with Crippen LogP contribution in [0.25, 0.3) is 0 Å². The van der Waals surface area contributed by atoms with E-state index in [1.54, 1.807) is 17.2 Å². The second-order valence-corrected chi connectivity index (χ2v) is 7.69. The van der Waals surface area contributed by atoms with Crippen LogP contribution in [0.5, 0.6) is 0 Å². The Hall–Kier alpha value is -2.38. The topological polar surface area (TPSA) is 74.8 Å². The van der Waals surface area contributed by atoms with E-state index in [0.717, 1.165) is 5.69 Å². The lowest BCUT2D eigenvalue weighted by Gasteiger charge is -2.36. The summed E-state index contributed by atoms with van der Waals surface area (Å²) in [5.41, 5.74) is 0.664. The second-order valence-electron chi connectivity index (χ2n) is 7.69. The molecule has 1 saturated heterocycles. The van der Waals surface area contributed by atoms with Crippen LogP contribution in [-0.2, 0) is 4.74 Å². The number of nitrogens with one attached hydrogen (secondary N) is 1. The number of carbonyl (C=O) groups excluding carboxylic acids is 2. The predicted molar refractivity (Wildman–Crippen MR) is 95.0 cm³/mol. The molecule has 2 atom stereocenters. The smallest absolute Gasteiger partial charge is 0.410 e. The molecule has 0 bridgehead atoms. The van der Waals surface area contributed by atoms with Gasteiger partial charge in [-0.2, -0.15) is 0 Å². The normalized spacial score (nSPS) is 22.8. The summed E-state index contributed by atoms with van der Waals surface area (Å²) in [7, 11) is 0. The largest absolute Gasteiger partial charge is 0.444 e. The zero-order valence-corrected chi connectivity index (χ0v) is 15.4. The molecule has 2 heterocycles. The van der Waals surface area contributed by atoms with Crippen molar-refractivity contribution in [2.75, 3.05) is 31.1 Å². The molecule has 2 aliphatic rings. The molecule has 0 unspecified atom stereocenters. The van der Waals surface area contributed by atoms with E-state index in [0.29, 0.717) is 32.6 Å². The van der Waals surface area contributed by atoms with Crippen LogP contribution in [0.4, 0.5) is 14.9 Å². The van der Waals surface area contributed by atoms with Crippen LogP contribution in [0.3, 0.4) is 0 Å². The molecular weight excluding hydrogens is 339 g/mol. The molecule has 1 aromatic rings. The third kappa shape index (κ3) is 4.62. The maximum absolute atomic E-state index is 12.9. The van der Waals surface area contributed by atoms with Crippen LogP contribution in [0.15, 0.2) is 18.3 Å². The second kappa shape index (κ2) is 7.09. The number of aromatic nitrogens is 1. The number of nitrogens with zero attached hydrogens (tertiary/aromatic N) is 3. The Morgan fingerprint density at radius 3 is 2.38 bits per heavy atom. The Morgan fingerprint density at radius 1 is 1.23 bits per heavy atom. The fourth-order valence-electron chi connectivity index (χ4n) is 2.74.